The highest BCUT2D eigenvalue weighted by molar-refractivity contribution is 7.17. The molecule has 14 heavy (non-hydrogen) atoms. The van der Waals surface area contributed by atoms with Gasteiger partial charge in [-0.1, -0.05) is 30.4 Å². The molecule has 0 spiro atoms. The maximum absolute atomic E-state index is 5.44. The first-order valence-corrected chi connectivity index (χ1v) is 5.62. The third kappa shape index (κ3) is 1.86. The van der Waals surface area contributed by atoms with Gasteiger partial charge in [-0.05, 0) is 35.4 Å². The summed E-state index contributed by atoms with van der Waals surface area (Å²) in [5, 5.41) is 3.45. The van der Waals surface area contributed by atoms with E-state index in [1.54, 1.807) is 11.3 Å². The van der Waals surface area contributed by atoms with Crippen LogP contribution in [0.1, 0.15) is 12.0 Å². The minimum absolute atomic E-state index is 0.719. The summed E-state index contributed by atoms with van der Waals surface area (Å²) in [7, 11) is 0. The molecule has 2 rings (SSSR count). The van der Waals surface area contributed by atoms with Crippen LogP contribution in [0.15, 0.2) is 35.7 Å². The molecule has 0 saturated carbocycles. The van der Waals surface area contributed by atoms with Gasteiger partial charge in [0.05, 0.1) is 0 Å². The topological polar surface area (TPSA) is 26.0 Å². The van der Waals surface area contributed by atoms with Crippen molar-refractivity contribution in [2.45, 2.75) is 6.42 Å². The lowest BCUT2D eigenvalue weighted by Gasteiger charge is -1.95. The molecule has 0 aliphatic heterocycles. The van der Waals surface area contributed by atoms with Gasteiger partial charge in [0.25, 0.3) is 0 Å². The van der Waals surface area contributed by atoms with Crippen molar-refractivity contribution in [3.05, 3.63) is 41.3 Å². The largest absolute Gasteiger partial charge is 0.330 e. The van der Waals surface area contributed by atoms with Crippen LogP contribution in [-0.2, 0) is 0 Å². The molecule has 1 nitrogen and oxygen atoms in total. The number of rotatable bonds is 3. The van der Waals surface area contributed by atoms with Gasteiger partial charge >= 0.3 is 0 Å². The average Bonchev–Trinajstić information content (AvgIpc) is 2.67. The van der Waals surface area contributed by atoms with Gasteiger partial charge in [0.15, 0.2) is 0 Å². The fourth-order valence-corrected chi connectivity index (χ4v) is 2.35. The molecule has 1 aromatic carbocycles. The Hall–Kier alpha value is -1.12. The zero-order chi connectivity index (χ0) is 9.80. The Kier molecular flexibility index (Phi) is 2.96. The van der Waals surface area contributed by atoms with Crippen LogP contribution in [0, 0.1) is 0 Å². The van der Waals surface area contributed by atoms with Crippen LogP contribution in [-0.4, -0.2) is 6.54 Å². The van der Waals surface area contributed by atoms with Crippen LogP contribution in [0.2, 0.25) is 0 Å². The van der Waals surface area contributed by atoms with E-state index in [1.807, 2.05) is 0 Å². The molecule has 72 valence electrons. The lowest BCUT2D eigenvalue weighted by Crippen LogP contribution is -1.94. The van der Waals surface area contributed by atoms with Gasteiger partial charge in [0.2, 0.25) is 0 Å². The second-order valence-corrected chi connectivity index (χ2v) is 4.08. The van der Waals surface area contributed by atoms with Crippen LogP contribution >= 0.6 is 11.3 Å². The molecule has 0 saturated heterocycles. The Labute approximate surface area is 87.9 Å². The Bertz CT molecular complexity index is 442. The number of nitrogens with two attached hydrogens (primary N) is 1. The third-order valence-corrected chi connectivity index (χ3v) is 3.12. The van der Waals surface area contributed by atoms with Crippen LogP contribution < -0.4 is 5.73 Å². The Balaban J connectivity index is 2.36. The molecule has 0 fully saturated rings. The van der Waals surface area contributed by atoms with Crippen LogP contribution in [0.4, 0.5) is 0 Å². The van der Waals surface area contributed by atoms with E-state index in [1.165, 1.54) is 15.6 Å². The van der Waals surface area contributed by atoms with Gasteiger partial charge in [0, 0.05) is 4.70 Å². The second-order valence-electron chi connectivity index (χ2n) is 3.17. The SMILES string of the molecule is NCCC=Cc1cccc2ccsc12. The van der Waals surface area contributed by atoms with E-state index < -0.39 is 0 Å². The lowest BCUT2D eigenvalue weighted by atomic mass is 10.1. The van der Waals surface area contributed by atoms with E-state index in [2.05, 4.69) is 41.8 Å². The summed E-state index contributed by atoms with van der Waals surface area (Å²) < 4.78 is 1.36. The number of hydrogen-bond acceptors (Lipinski definition) is 2. The summed E-state index contributed by atoms with van der Waals surface area (Å²) in [5.41, 5.74) is 6.73. The highest BCUT2D eigenvalue weighted by Gasteiger charge is 1.97. The monoisotopic (exact) mass is 203 g/mol. The first-order valence-electron chi connectivity index (χ1n) is 4.74. The van der Waals surface area contributed by atoms with Crippen molar-refractivity contribution < 1.29 is 0 Å². The van der Waals surface area contributed by atoms with Crippen molar-refractivity contribution in [3.8, 4) is 0 Å². The summed E-state index contributed by atoms with van der Waals surface area (Å²) >= 11 is 1.79. The molecule has 0 bridgehead atoms. The molecular weight excluding hydrogens is 190 g/mol. The summed E-state index contributed by atoms with van der Waals surface area (Å²) in [6.07, 6.45) is 5.24. The Morgan fingerprint density at radius 2 is 2.21 bits per heavy atom. The molecule has 0 radical (unpaired) electrons. The second kappa shape index (κ2) is 4.40. The minimum Gasteiger partial charge on any atom is -0.330 e. The summed E-state index contributed by atoms with van der Waals surface area (Å²) in [4.78, 5) is 0. The molecule has 0 atom stereocenters. The van der Waals surface area contributed by atoms with Crippen LogP contribution in [0.5, 0.6) is 0 Å². The highest BCUT2D eigenvalue weighted by Crippen LogP contribution is 2.25. The quantitative estimate of drug-likeness (QED) is 0.814. The van der Waals surface area contributed by atoms with Crippen molar-refractivity contribution >= 4 is 27.5 Å². The van der Waals surface area contributed by atoms with E-state index in [4.69, 9.17) is 5.73 Å². The molecule has 2 heteroatoms. The van der Waals surface area contributed by atoms with E-state index in [9.17, 15) is 0 Å². The smallest absolute Gasteiger partial charge is 0.0414 e. The Morgan fingerprint density at radius 3 is 3.07 bits per heavy atom. The van der Waals surface area contributed by atoms with Crippen molar-refractivity contribution in [3.63, 3.8) is 0 Å². The molecule has 0 amide bonds. The zero-order valence-electron chi connectivity index (χ0n) is 7.94. The molecule has 2 N–H and O–H groups in total. The zero-order valence-corrected chi connectivity index (χ0v) is 8.76. The third-order valence-electron chi connectivity index (χ3n) is 2.14. The van der Waals surface area contributed by atoms with E-state index >= 15 is 0 Å². The average molecular weight is 203 g/mol. The number of fused-ring (bicyclic) bond motifs is 1. The number of benzene rings is 1. The van der Waals surface area contributed by atoms with Gasteiger partial charge in [-0.15, -0.1) is 11.3 Å². The van der Waals surface area contributed by atoms with Gasteiger partial charge in [0.1, 0.15) is 0 Å². The molecule has 0 aliphatic rings. The molecular formula is C12H13NS. The standard InChI is InChI=1S/C12H13NS/c13-8-2-1-4-10-5-3-6-11-7-9-14-12(10)11/h1,3-7,9H,2,8,13H2. The fraction of sp³-hybridized carbons (Fsp3) is 0.167. The van der Waals surface area contributed by atoms with E-state index in [0.29, 0.717) is 0 Å². The predicted octanol–water partition coefficient (Wildman–Crippen LogP) is 3.26. The number of thiophene rings is 1. The number of hydrogen-bond donors (Lipinski definition) is 1. The highest BCUT2D eigenvalue weighted by atomic mass is 32.1. The predicted molar refractivity (Wildman–Crippen MR) is 64.5 cm³/mol. The fourth-order valence-electron chi connectivity index (χ4n) is 1.45. The van der Waals surface area contributed by atoms with Crippen molar-refractivity contribution in [1.29, 1.82) is 0 Å². The first-order chi connectivity index (χ1) is 6.92. The van der Waals surface area contributed by atoms with Gasteiger partial charge in [-0.25, -0.2) is 0 Å². The molecule has 2 aromatic rings. The van der Waals surface area contributed by atoms with E-state index in [-0.39, 0.29) is 0 Å². The normalized spacial score (nSPS) is 11.5. The van der Waals surface area contributed by atoms with Gasteiger partial charge < -0.3 is 5.73 Å². The van der Waals surface area contributed by atoms with Crippen LogP contribution in [0.25, 0.3) is 16.2 Å². The van der Waals surface area contributed by atoms with Gasteiger partial charge in [-0.3, -0.25) is 0 Å². The van der Waals surface area contributed by atoms with Crippen molar-refractivity contribution in [1.82, 2.24) is 0 Å². The molecule has 0 aliphatic carbocycles. The summed E-state index contributed by atoms with van der Waals surface area (Å²) in [5.74, 6) is 0. The summed E-state index contributed by atoms with van der Waals surface area (Å²) in [6.45, 7) is 0.719. The van der Waals surface area contributed by atoms with Gasteiger partial charge in [-0.2, -0.15) is 0 Å². The maximum atomic E-state index is 5.44. The van der Waals surface area contributed by atoms with Crippen molar-refractivity contribution in [2.75, 3.05) is 6.54 Å². The molecule has 1 aromatic heterocycles. The lowest BCUT2D eigenvalue weighted by molar-refractivity contribution is 1.01. The molecule has 0 unspecified atom stereocenters. The minimum atomic E-state index is 0.719. The van der Waals surface area contributed by atoms with Crippen LogP contribution in [0.3, 0.4) is 0 Å². The van der Waals surface area contributed by atoms with Crippen molar-refractivity contribution in [2.24, 2.45) is 5.73 Å². The first kappa shape index (κ1) is 9.44. The van der Waals surface area contributed by atoms with E-state index in [0.717, 1.165) is 13.0 Å². The molecule has 1 heterocycles. The summed E-state index contributed by atoms with van der Waals surface area (Å²) in [6, 6.07) is 8.54. The Morgan fingerprint density at radius 1 is 1.29 bits per heavy atom. The maximum Gasteiger partial charge on any atom is 0.0414 e.